The molecule has 0 amide bonds. The van der Waals surface area contributed by atoms with Gasteiger partial charge in [-0.2, -0.15) is 0 Å². The highest BCUT2D eigenvalue weighted by atomic mass is 16.5. The van der Waals surface area contributed by atoms with Gasteiger partial charge in [0.15, 0.2) is 0 Å². The minimum absolute atomic E-state index is 0.182. The Bertz CT molecular complexity index is 829. The molecule has 2 aromatic rings. The molecular weight excluding hydrogens is 400 g/mol. The molecule has 0 bridgehead atoms. The van der Waals surface area contributed by atoms with Crippen LogP contribution >= 0.6 is 0 Å². The Morgan fingerprint density at radius 1 is 0.656 bits per heavy atom. The fraction of sp³-hybridized carbons (Fsp3) is 0.500. The van der Waals surface area contributed by atoms with Crippen LogP contribution in [0, 0.1) is 23.7 Å². The minimum Gasteiger partial charge on any atom is -0.459 e. The average molecular weight is 439 g/mol. The van der Waals surface area contributed by atoms with Gasteiger partial charge < -0.3 is 9.47 Å². The molecule has 0 N–H and O–H groups in total. The number of hydrogen-bond donors (Lipinski definition) is 0. The van der Waals surface area contributed by atoms with Crippen molar-refractivity contribution in [1.29, 1.82) is 0 Å². The van der Waals surface area contributed by atoms with Gasteiger partial charge in [-0.15, -0.1) is 0 Å². The molecule has 0 fully saturated rings. The lowest BCUT2D eigenvalue weighted by atomic mass is 9.72. The van der Waals surface area contributed by atoms with E-state index in [-0.39, 0.29) is 30.1 Å². The smallest absolute Gasteiger partial charge is 0.338 e. The Kier molecular flexibility index (Phi) is 9.96. The van der Waals surface area contributed by atoms with Crippen molar-refractivity contribution in [1.82, 2.24) is 0 Å². The summed E-state index contributed by atoms with van der Waals surface area (Å²) in [6.07, 6.45) is 1.28. The van der Waals surface area contributed by atoms with Gasteiger partial charge in [-0.1, -0.05) is 64.1 Å². The molecule has 0 spiro atoms. The number of carbonyl (C=O) groups is 2. The van der Waals surface area contributed by atoms with Crippen molar-refractivity contribution >= 4 is 11.9 Å². The highest BCUT2D eigenvalue weighted by Crippen LogP contribution is 2.36. The second-order valence-corrected chi connectivity index (χ2v) is 9.36. The van der Waals surface area contributed by atoms with Gasteiger partial charge in [0.05, 0.1) is 17.2 Å². The molecule has 174 valence electrons. The van der Waals surface area contributed by atoms with Crippen molar-refractivity contribution in [2.45, 2.75) is 66.6 Å². The van der Waals surface area contributed by atoms with Crippen LogP contribution in [0.5, 0.6) is 0 Å². The van der Waals surface area contributed by atoms with Crippen LogP contribution in [0.1, 0.15) is 75.1 Å². The third-order valence-electron chi connectivity index (χ3n) is 6.19. The number of benzene rings is 2. The van der Waals surface area contributed by atoms with E-state index < -0.39 is 0 Å². The summed E-state index contributed by atoms with van der Waals surface area (Å²) in [5.74, 6) is 0.743. The van der Waals surface area contributed by atoms with Gasteiger partial charge >= 0.3 is 11.9 Å². The van der Waals surface area contributed by atoms with E-state index in [1.807, 2.05) is 50.2 Å². The summed E-state index contributed by atoms with van der Waals surface area (Å²) >= 11 is 0. The molecule has 0 saturated carbocycles. The maximum atomic E-state index is 12.6. The van der Waals surface area contributed by atoms with Crippen molar-refractivity contribution in [2.75, 3.05) is 0 Å². The van der Waals surface area contributed by atoms with Gasteiger partial charge in [0.1, 0.15) is 6.10 Å². The summed E-state index contributed by atoms with van der Waals surface area (Å²) in [6, 6.07) is 18.2. The summed E-state index contributed by atoms with van der Waals surface area (Å²) in [6.45, 7) is 12.7. The van der Waals surface area contributed by atoms with Crippen LogP contribution in [0.4, 0.5) is 0 Å². The predicted molar refractivity (Wildman–Crippen MR) is 129 cm³/mol. The molecule has 0 aliphatic rings. The monoisotopic (exact) mass is 438 g/mol. The van der Waals surface area contributed by atoms with E-state index in [9.17, 15) is 9.59 Å². The molecule has 4 nitrogen and oxygen atoms in total. The zero-order valence-electron chi connectivity index (χ0n) is 20.3. The third kappa shape index (κ3) is 7.51. The first-order chi connectivity index (χ1) is 15.2. The first-order valence-corrected chi connectivity index (χ1v) is 11.7. The minimum atomic E-state index is -0.287. The van der Waals surface area contributed by atoms with Crippen molar-refractivity contribution in [3.63, 3.8) is 0 Å². The number of esters is 2. The van der Waals surface area contributed by atoms with Crippen LogP contribution in [0.25, 0.3) is 0 Å². The lowest BCUT2D eigenvalue weighted by molar-refractivity contribution is -0.0124. The van der Waals surface area contributed by atoms with Crippen LogP contribution in [0.3, 0.4) is 0 Å². The Labute approximate surface area is 193 Å². The van der Waals surface area contributed by atoms with Crippen LogP contribution < -0.4 is 0 Å². The quantitative estimate of drug-likeness (QED) is 0.362. The zero-order valence-corrected chi connectivity index (χ0v) is 20.3. The topological polar surface area (TPSA) is 52.6 Å². The van der Waals surface area contributed by atoms with Crippen LogP contribution in [0.2, 0.25) is 0 Å². The molecule has 0 saturated heterocycles. The maximum Gasteiger partial charge on any atom is 0.338 e. The summed E-state index contributed by atoms with van der Waals surface area (Å²) in [7, 11) is 0. The average Bonchev–Trinajstić information content (AvgIpc) is 2.77. The van der Waals surface area contributed by atoms with E-state index in [0.717, 1.165) is 12.8 Å². The second-order valence-electron chi connectivity index (χ2n) is 9.36. The molecule has 2 rings (SSSR count). The molecule has 0 aliphatic carbocycles. The van der Waals surface area contributed by atoms with E-state index in [2.05, 4.69) is 27.7 Å². The summed E-state index contributed by atoms with van der Waals surface area (Å²) in [5, 5.41) is 0. The standard InChI is InChI=1S/C28H38O4/c1-19(2)25(18-17-21(5)31-27(29)23-13-9-7-10-14-23)26(20(3)4)22(6)32-28(30)24-15-11-8-12-16-24/h7-16,19-22,25-26H,17-18H2,1-6H3. The molecular formula is C28H38O4. The van der Waals surface area contributed by atoms with Gasteiger partial charge in [0.2, 0.25) is 0 Å². The van der Waals surface area contributed by atoms with Gasteiger partial charge in [0.25, 0.3) is 0 Å². The number of ether oxygens (including phenoxy) is 2. The maximum absolute atomic E-state index is 12.6. The SMILES string of the molecule is CC(CCC(C(C)C)C(C(C)C)C(C)OC(=O)c1ccccc1)OC(=O)c1ccccc1. The Morgan fingerprint density at radius 2 is 1.12 bits per heavy atom. The van der Waals surface area contributed by atoms with Crippen molar-refractivity contribution < 1.29 is 19.1 Å². The Balaban J connectivity index is 2.01. The van der Waals surface area contributed by atoms with Crippen LogP contribution in [0.15, 0.2) is 60.7 Å². The fourth-order valence-corrected chi connectivity index (χ4v) is 4.56. The molecule has 0 aliphatic heterocycles. The van der Waals surface area contributed by atoms with E-state index in [4.69, 9.17) is 9.47 Å². The molecule has 0 heterocycles. The van der Waals surface area contributed by atoms with Gasteiger partial charge in [-0.05, 0) is 68.7 Å². The van der Waals surface area contributed by atoms with Crippen LogP contribution in [-0.4, -0.2) is 24.1 Å². The first kappa shape index (κ1) is 25.6. The summed E-state index contributed by atoms with van der Waals surface area (Å²) < 4.78 is 11.6. The number of rotatable bonds is 11. The Hall–Kier alpha value is -2.62. The fourth-order valence-electron chi connectivity index (χ4n) is 4.56. The van der Waals surface area contributed by atoms with E-state index in [1.165, 1.54) is 0 Å². The van der Waals surface area contributed by atoms with Crippen molar-refractivity contribution in [3.05, 3.63) is 71.8 Å². The molecule has 32 heavy (non-hydrogen) atoms. The van der Waals surface area contributed by atoms with Gasteiger partial charge in [-0.3, -0.25) is 0 Å². The van der Waals surface area contributed by atoms with E-state index in [1.54, 1.807) is 24.3 Å². The first-order valence-electron chi connectivity index (χ1n) is 11.7. The highest BCUT2D eigenvalue weighted by molar-refractivity contribution is 5.89. The summed E-state index contributed by atoms with van der Waals surface area (Å²) in [4.78, 5) is 25.0. The number of hydrogen-bond acceptors (Lipinski definition) is 4. The van der Waals surface area contributed by atoms with Gasteiger partial charge in [0, 0.05) is 5.92 Å². The largest absolute Gasteiger partial charge is 0.459 e. The van der Waals surface area contributed by atoms with Gasteiger partial charge in [-0.25, -0.2) is 9.59 Å². The second kappa shape index (κ2) is 12.4. The normalized spacial score (nSPS) is 15.1. The lowest BCUT2D eigenvalue weighted by Crippen LogP contribution is -2.36. The molecule has 4 unspecified atom stereocenters. The van der Waals surface area contributed by atoms with E-state index >= 15 is 0 Å². The third-order valence-corrected chi connectivity index (χ3v) is 6.19. The Morgan fingerprint density at radius 3 is 1.56 bits per heavy atom. The molecule has 4 atom stereocenters. The highest BCUT2D eigenvalue weighted by Gasteiger charge is 2.34. The van der Waals surface area contributed by atoms with E-state index in [0.29, 0.717) is 28.9 Å². The van der Waals surface area contributed by atoms with Crippen molar-refractivity contribution in [3.8, 4) is 0 Å². The molecule has 2 aromatic carbocycles. The lowest BCUT2D eigenvalue weighted by Gasteiger charge is -2.37. The molecule has 0 aromatic heterocycles. The van der Waals surface area contributed by atoms with Crippen LogP contribution in [-0.2, 0) is 9.47 Å². The zero-order chi connectivity index (χ0) is 23.7. The molecule has 0 radical (unpaired) electrons. The number of carbonyl (C=O) groups excluding carboxylic acids is 2. The molecule has 4 heteroatoms. The predicted octanol–water partition coefficient (Wildman–Crippen LogP) is 6.80. The van der Waals surface area contributed by atoms with Crippen molar-refractivity contribution in [2.24, 2.45) is 23.7 Å². The summed E-state index contributed by atoms with van der Waals surface area (Å²) in [5.41, 5.74) is 1.14.